The van der Waals surface area contributed by atoms with Gasteiger partial charge in [0.25, 0.3) is 5.91 Å². The van der Waals surface area contributed by atoms with Crippen molar-refractivity contribution in [3.63, 3.8) is 0 Å². The standard InChI is InChI=1S/C18H24N2O3S/c1-11(12-7-3-2-4-8-12)19-17(23)15(21)16(22)18-20-13-9-5-6-10-14(13)24-18/h5-6,9-12,15-16,21-22H,2-4,7-8H2,1H3,(H,19,23). The Morgan fingerprint density at radius 1 is 1.25 bits per heavy atom. The first-order valence-electron chi connectivity index (χ1n) is 8.58. The average Bonchev–Trinajstić information content (AvgIpc) is 3.05. The van der Waals surface area contributed by atoms with Crippen molar-refractivity contribution < 1.29 is 15.0 Å². The van der Waals surface area contributed by atoms with E-state index < -0.39 is 18.1 Å². The van der Waals surface area contributed by atoms with Gasteiger partial charge in [0.05, 0.1) is 10.2 Å². The summed E-state index contributed by atoms with van der Waals surface area (Å²) < 4.78 is 0.926. The van der Waals surface area contributed by atoms with Crippen LogP contribution in [0.4, 0.5) is 0 Å². The molecule has 3 N–H and O–H groups in total. The number of hydrogen-bond acceptors (Lipinski definition) is 5. The number of nitrogens with one attached hydrogen (secondary N) is 1. The van der Waals surface area contributed by atoms with E-state index in [4.69, 9.17) is 0 Å². The lowest BCUT2D eigenvalue weighted by Gasteiger charge is -2.29. The number of amides is 1. The molecule has 0 bridgehead atoms. The number of rotatable bonds is 5. The minimum atomic E-state index is -1.50. The Hall–Kier alpha value is -1.50. The van der Waals surface area contributed by atoms with Gasteiger partial charge in [0.1, 0.15) is 11.1 Å². The first-order valence-corrected chi connectivity index (χ1v) is 9.40. The highest BCUT2D eigenvalue weighted by Crippen LogP contribution is 2.29. The first kappa shape index (κ1) is 17.3. The van der Waals surface area contributed by atoms with Crippen molar-refractivity contribution in [1.82, 2.24) is 10.3 Å². The van der Waals surface area contributed by atoms with E-state index >= 15 is 0 Å². The summed E-state index contributed by atoms with van der Waals surface area (Å²) in [5.41, 5.74) is 0.764. The number of aliphatic hydroxyl groups excluding tert-OH is 2. The lowest BCUT2D eigenvalue weighted by Crippen LogP contribution is -2.45. The summed E-state index contributed by atoms with van der Waals surface area (Å²) in [6.45, 7) is 1.98. The lowest BCUT2D eigenvalue weighted by molar-refractivity contribution is -0.136. The molecule has 1 aromatic heterocycles. The number of thiazole rings is 1. The van der Waals surface area contributed by atoms with Gasteiger partial charge in [0.15, 0.2) is 6.10 Å². The van der Waals surface area contributed by atoms with Gasteiger partial charge in [-0.25, -0.2) is 4.98 Å². The molecule has 1 aliphatic carbocycles. The third-order valence-electron chi connectivity index (χ3n) is 4.86. The molecule has 1 heterocycles. The van der Waals surface area contributed by atoms with Crippen molar-refractivity contribution in [1.29, 1.82) is 0 Å². The summed E-state index contributed by atoms with van der Waals surface area (Å²) in [5, 5.41) is 23.8. The van der Waals surface area contributed by atoms with E-state index in [2.05, 4.69) is 10.3 Å². The van der Waals surface area contributed by atoms with Crippen LogP contribution in [0.25, 0.3) is 10.2 Å². The third-order valence-corrected chi connectivity index (χ3v) is 5.97. The van der Waals surface area contributed by atoms with Crippen molar-refractivity contribution in [2.75, 3.05) is 0 Å². The number of fused-ring (bicyclic) bond motifs is 1. The predicted octanol–water partition coefficient (Wildman–Crippen LogP) is 2.78. The van der Waals surface area contributed by atoms with E-state index in [1.165, 1.54) is 30.6 Å². The normalized spacial score (nSPS) is 19.8. The molecule has 0 radical (unpaired) electrons. The molecule has 3 unspecified atom stereocenters. The minimum absolute atomic E-state index is 0.00928. The average molecular weight is 348 g/mol. The number of aromatic nitrogens is 1. The van der Waals surface area contributed by atoms with Gasteiger partial charge >= 0.3 is 0 Å². The number of nitrogens with zero attached hydrogens (tertiary/aromatic N) is 1. The molecule has 0 aliphatic heterocycles. The predicted molar refractivity (Wildman–Crippen MR) is 94.8 cm³/mol. The molecule has 2 aromatic rings. The number of hydrogen-bond donors (Lipinski definition) is 3. The van der Waals surface area contributed by atoms with E-state index in [0.717, 1.165) is 23.1 Å². The second-order valence-corrected chi connectivity index (χ2v) is 7.67. The molecule has 3 rings (SSSR count). The van der Waals surface area contributed by atoms with Crippen LogP contribution in [0, 0.1) is 5.92 Å². The third kappa shape index (κ3) is 3.77. The van der Waals surface area contributed by atoms with Crippen LogP contribution in [0.2, 0.25) is 0 Å². The summed E-state index contributed by atoms with van der Waals surface area (Å²) in [6, 6.07) is 7.52. The van der Waals surface area contributed by atoms with Gasteiger partial charge < -0.3 is 15.5 Å². The van der Waals surface area contributed by atoms with Gasteiger partial charge in [-0.15, -0.1) is 11.3 Å². The van der Waals surface area contributed by atoms with Crippen molar-refractivity contribution in [3.05, 3.63) is 29.3 Å². The van der Waals surface area contributed by atoms with Crippen LogP contribution >= 0.6 is 11.3 Å². The summed E-state index contributed by atoms with van der Waals surface area (Å²) >= 11 is 1.30. The summed E-state index contributed by atoms with van der Waals surface area (Å²) in [4.78, 5) is 16.6. The van der Waals surface area contributed by atoms with E-state index in [1.807, 2.05) is 31.2 Å². The zero-order valence-corrected chi connectivity index (χ0v) is 14.6. The summed E-state index contributed by atoms with van der Waals surface area (Å²) in [5.74, 6) is -0.0747. The Morgan fingerprint density at radius 2 is 1.96 bits per heavy atom. The fraction of sp³-hybridized carbons (Fsp3) is 0.556. The molecular formula is C18H24N2O3S. The Bertz CT molecular complexity index is 663. The van der Waals surface area contributed by atoms with E-state index in [9.17, 15) is 15.0 Å². The van der Waals surface area contributed by atoms with Crippen molar-refractivity contribution >= 4 is 27.5 Å². The smallest absolute Gasteiger partial charge is 0.252 e. The Morgan fingerprint density at radius 3 is 2.67 bits per heavy atom. The molecule has 6 heteroatoms. The molecule has 1 aromatic carbocycles. The molecule has 1 saturated carbocycles. The fourth-order valence-corrected chi connectivity index (χ4v) is 4.34. The van der Waals surface area contributed by atoms with E-state index in [-0.39, 0.29) is 6.04 Å². The van der Waals surface area contributed by atoms with Crippen LogP contribution in [-0.4, -0.2) is 33.3 Å². The van der Waals surface area contributed by atoms with E-state index in [0.29, 0.717) is 10.9 Å². The number of benzene rings is 1. The number of para-hydroxylation sites is 1. The Balaban J connectivity index is 1.63. The Labute approximate surface area is 145 Å². The second-order valence-electron chi connectivity index (χ2n) is 6.60. The van der Waals surface area contributed by atoms with Gasteiger partial charge in [-0.1, -0.05) is 31.4 Å². The zero-order valence-electron chi connectivity index (χ0n) is 13.8. The summed E-state index contributed by atoms with van der Waals surface area (Å²) in [7, 11) is 0. The van der Waals surface area contributed by atoms with Crippen LogP contribution < -0.4 is 5.32 Å². The molecular weight excluding hydrogens is 324 g/mol. The van der Waals surface area contributed by atoms with Crippen LogP contribution in [0.3, 0.4) is 0 Å². The zero-order chi connectivity index (χ0) is 17.1. The molecule has 0 saturated heterocycles. The van der Waals surface area contributed by atoms with Gasteiger partial charge in [0, 0.05) is 6.04 Å². The molecule has 1 aliphatic rings. The highest BCUT2D eigenvalue weighted by atomic mass is 32.1. The molecule has 1 fully saturated rings. The highest BCUT2D eigenvalue weighted by molar-refractivity contribution is 7.18. The van der Waals surface area contributed by atoms with Gasteiger partial charge in [-0.05, 0) is 37.8 Å². The second kappa shape index (κ2) is 7.59. The SMILES string of the molecule is CC(NC(=O)C(O)C(O)c1nc2ccccc2s1)C1CCCCC1. The first-order chi connectivity index (χ1) is 11.6. The maximum Gasteiger partial charge on any atom is 0.252 e. The molecule has 3 atom stereocenters. The maximum absolute atomic E-state index is 12.3. The van der Waals surface area contributed by atoms with Crippen LogP contribution in [-0.2, 0) is 4.79 Å². The lowest BCUT2D eigenvalue weighted by atomic mass is 9.84. The van der Waals surface area contributed by atoms with E-state index in [1.54, 1.807) is 0 Å². The molecule has 0 spiro atoms. The number of carbonyl (C=O) groups is 1. The van der Waals surface area contributed by atoms with Gasteiger partial charge in [0.2, 0.25) is 0 Å². The van der Waals surface area contributed by atoms with Crippen LogP contribution in [0.15, 0.2) is 24.3 Å². The summed E-state index contributed by atoms with van der Waals surface area (Å²) in [6.07, 6.45) is 3.06. The van der Waals surface area contributed by atoms with Crippen molar-refractivity contribution in [2.45, 2.75) is 57.3 Å². The largest absolute Gasteiger partial charge is 0.383 e. The van der Waals surface area contributed by atoms with Gasteiger partial charge in [-0.3, -0.25) is 4.79 Å². The molecule has 1 amide bonds. The van der Waals surface area contributed by atoms with Crippen molar-refractivity contribution in [2.24, 2.45) is 5.92 Å². The van der Waals surface area contributed by atoms with Gasteiger partial charge in [-0.2, -0.15) is 0 Å². The molecule has 5 nitrogen and oxygen atoms in total. The quantitative estimate of drug-likeness (QED) is 0.776. The van der Waals surface area contributed by atoms with Crippen molar-refractivity contribution in [3.8, 4) is 0 Å². The number of aliphatic hydroxyl groups is 2. The highest BCUT2D eigenvalue weighted by Gasteiger charge is 2.30. The number of carbonyl (C=O) groups excluding carboxylic acids is 1. The topological polar surface area (TPSA) is 82.5 Å². The minimum Gasteiger partial charge on any atom is -0.383 e. The Kier molecular flexibility index (Phi) is 5.48. The maximum atomic E-state index is 12.3. The fourth-order valence-electron chi connectivity index (χ4n) is 3.36. The van der Waals surface area contributed by atoms with Crippen LogP contribution in [0.1, 0.15) is 50.1 Å². The monoisotopic (exact) mass is 348 g/mol. The molecule has 24 heavy (non-hydrogen) atoms. The van der Waals surface area contributed by atoms with Crippen LogP contribution in [0.5, 0.6) is 0 Å². The molecule has 130 valence electrons.